The summed E-state index contributed by atoms with van der Waals surface area (Å²) in [6, 6.07) is 0. The number of rotatable bonds is 0. The minimum Gasteiger partial charge on any atom is -0.611 e. The van der Waals surface area contributed by atoms with Crippen molar-refractivity contribution in [3.05, 3.63) is 5.21 Å². The number of quaternary nitrogens is 1. The molecule has 0 saturated carbocycles. The highest BCUT2D eigenvalue weighted by Crippen LogP contribution is 2.32. The molecule has 2 rings (SSSR count). The summed E-state index contributed by atoms with van der Waals surface area (Å²) >= 11 is 1.69. The van der Waals surface area contributed by atoms with Crippen LogP contribution in [0.3, 0.4) is 0 Å². The van der Waals surface area contributed by atoms with Gasteiger partial charge in [0.25, 0.3) is 0 Å². The van der Waals surface area contributed by atoms with Crippen LogP contribution in [0.2, 0.25) is 0 Å². The second-order valence-electron chi connectivity index (χ2n) is 3.18. The quantitative estimate of drug-likeness (QED) is 0.424. The van der Waals surface area contributed by atoms with E-state index in [9.17, 15) is 5.21 Å². The average molecular weight is 175 g/mol. The molecule has 2 fully saturated rings. The molecule has 4 nitrogen and oxygen atoms in total. The molecule has 2 saturated heterocycles. The molecule has 0 aromatic heterocycles. The van der Waals surface area contributed by atoms with Gasteiger partial charge in [0.15, 0.2) is 0 Å². The smallest absolute Gasteiger partial charge is 0.144 e. The van der Waals surface area contributed by atoms with Crippen molar-refractivity contribution in [3.63, 3.8) is 0 Å². The van der Waals surface area contributed by atoms with Crippen molar-refractivity contribution < 1.29 is 4.76 Å². The van der Waals surface area contributed by atoms with Gasteiger partial charge in [-0.1, -0.05) is 11.8 Å². The van der Waals surface area contributed by atoms with Crippen LogP contribution in [0.4, 0.5) is 0 Å². The molecule has 0 radical (unpaired) electrons. The third-order valence-corrected chi connectivity index (χ3v) is 3.41. The number of hydrogen-bond acceptors (Lipinski definition) is 4. The molecule has 5 heteroatoms. The van der Waals surface area contributed by atoms with Crippen LogP contribution in [-0.2, 0) is 0 Å². The maximum Gasteiger partial charge on any atom is 0.144 e. The molecule has 0 aliphatic carbocycles. The Bertz CT molecular complexity index is 168. The molecule has 0 aromatic carbocycles. The van der Waals surface area contributed by atoms with Crippen LogP contribution >= 0.6 is 11.8 Å². The molecule has 0 spiro atoms. The summed E-state index contributed by atoms with van der Waals surface area (Å²) in [5.74, 6) is 1.47. The van der Waals surface area contributed by atoms with Gasteiger partial charge in [-0.25, -0.2) is 0 Å². The van der Waals surface area contributed by atoms with E-state index in [0.29, 0.717) is 5.88 Å². The highest BCUT2D eigenvalue weighted by atomic mass is 32.2. The van der Waals surface area contributed by atoms with Gasteiger partial charge in [0.2, 0.25) is 0 Å². The molecule has 0 aromatic rings. The monoisotopic (exact) mass is 175 g/mol. The zero-order chi connectivity index (χ0) is 7.90. The third-order valence-electron chi connectivity index (χ3n) is 2.37. The zero-order valence-electron chi connectivity index (χ0n) is 6.40. The van der Waals surface area contributed by atoms with E-state index >= 15 is 0 Å². The minimum atomic E-state index is -0.175. The summed E-state index contributed by atoms with van der Waals surface area (Å²) in [5.41, 5.74) is 5.80. The fraction of sp³-hybridized carbons (Fsp3) is 1.00. The van der Waals surface area contributed by atoms with Gasteiger partial charge in [0, 0.05) is 6.42 Å². The fourth-order valence-corrected chi connectivity index (χ4v) is 2.95. The lowest BCUT2D eigenvalue weighted by Gasteiger charge is -2.49. The lowest BCUT2D eigenvalue weighted by molar-refractivity contribution is -0.985. The molecule has 2 aliphatic heterocycles. The largest absolute Gasteiger partial charge is 0.611 e. The Labute approximate surface area is 70.5 Å². The van der Waals surface area contributed by atoms with Crippen LogP contribution in [0, 0.1) is 5.21 Å². The van der Waals surface area contributed by atoms with Crippen LogP contribution in [0.25, 0.3) is 0 Å². The highest BCUT2D eigenvalue weighted by molar-refractivity contribution is 7.99. The Morgan fingerprint density at radius 3 is 3.18 bits per heavy atom. The molecule has 2 N–H and O–H groups in total. The van der Waals surface area contributed by atoms with Gasteiger partial charge in [-0.2, -0.15) is 0 Å². The minimum absolute atomic E-state index is 0.00347. The summed E-state index contributed by atoms with van der Waals surface area (Å²) in [5, 5.41) is 13.7. The van der Waals surface area contributed by atoms with Crippen LogP contribution in [0.15, 0.2) is 0 Å². The van der Waals surface area contributed by atoms with Gasteiger partial charge in [0.05, 0.1) is 6.54 Å². The van der Waals surface area contributed by atoms with E-state index in [-0.39, 0.29) is 10.9 Å². The second-order valence-corrected chi connectivity index (χ2v) is 4.11. The molecule has 2 heterocycles. The second kappa shape index (κ2) is 2.60. The van der Waals surface area contributed by atoms with Crippen molar-refractivity contribution in [2.75, 3.05) is 18.3 Å². The molecule has 0 bridgehead atoms. The molecular formula is C6H13N3OS. The Morgan fingerprint density at radius 2 is 2.45 bits per heavy atom. The molecular weight excluding hydrogens is 162 g/mol. The average Bonchev–Trinajstić information content (AvgIpc) is 2.31. The number of thioether (sulfide) groups is 1. The van der Waals surface area contributed by atoms with Crippen LogP contribution in [0.1, 0.15) is 12.8 Å². The summed E-state index contributed by atoms with van der Waals surface area (Å²) < 4.78 is -0.175. The number of fused-ring (bicyclic) bond motifs is 1. The van der Waals surface area contributed by atoms with Gasteiger partial charge in [-0.05, 0) is 6.42 Å². The number of nitrogens with zero attached hydrogens (tertiary/aromatic N) is 2. The summed E-state index contributed by atoms with van der Waals surface area (Å²) in [6.07, 6.45) is 1.95. The summed E-state index contributed by atoms with van der Waals surface area (Å²) in [7, 11) is 0. The van der Waals surface area contributed by atoms with E-state index in [4.69, 9.17) is 5.73 Å². The fourth-order valence-electron chi connectivity index (χ4n) is 1.71. The third kappa shape index (κ3) is 1.17. The Hall–Kier alpha value is 0.190. The molecule has 2 unspecified atom stereocenters. The number of nitrogens with two attached hydrogens (primary N) is 1. The molecule has 0 amide bonds. The Balaban J connectivity index is 2.15. The topological polar surface area (TPSA) is 52.3 Å². The predicted octanol–water partition coefficient (Wildman–Crippen LogP) is 0.258. The summed E-state index contributed by atoms with van der Waals surface area (Å²) in [6.45, 7) is 0.723. The van der Waals surface area contributed by atoms with E-state index in [1.54, 1.807) is 11.8 Å². The van der Waals surface area contributed by atoms with Crippen LogP contribution < -0.4 is 5.73 Å². The van der Waals surface area contributed by atoms with E-state index in [2.05, 4.69) is 0 Å². The first-order chi connectivity index (χ1) is 5.22. The SMILES string of the molecule is NC1CCC[N+]2([O-])CSCN12. The maximum absolute atomic E-state index is 11.9. The zero-order valence-corrected chi connectivity index (χ0v) is 7.22. The van der Waals surface area contributed by atoms with Gasteiger partial charge in [0.1, 0.15) is 17.9 Å². The number of hydrogen-bond donors (Lipinski definition) is 1. The van der Waals surface area contributed by atoms with Crippen LogP contribution in [-0.4, -0.2) is 34.2 Å². The van der Waals surface area contributed by atoms with E-state index < -0.39 is 0 Å². The van der Waals surface area contributed by atoms with Crippen LogP contribution in [0.5, 0.6) is 0 Å². The van der Waals surface area contributed by atoms with Crippen molar-refractivity contribution >= 4 is 11.8 Å². The van der Waals surface area contributed by atoms with Gasteiger partial charge in [-0.3, -0.25) is 4.76 Å². The first kappa shape index (κ1) is 7.82. The van der Waals surface area contributed by atoms with Gasteiger partial charge >= 0.3 is 0 Å². The molecule has 11 heavy (non-hydrogen) atoms. The van der Waals surface area contributed by atoms with Gasteiger partial charge < -0.3 is 10.9 Å². The molecule has 2 aliphatic rings. The van der Waals surface area contributed by atoms with E-state index in [1.165, 1.54) is 0 Å². The standard InChI is InChI=1S/C6H13N3OS/c7-6-2-1-3-9(10)5-11-4-8(6)9/h6H,1-5,7H2. The van der Waals surface area contributed by atoms with Crippen molar-refractivity contribution in [1.82, 2.24) is 5.01 Å². The Kier molecular flexibility index (Phi) is 1.85. The van der Waals surface area contributed by atoms with Crippen molar-refractivity contribution in [2.24, 2.45) is 5.73 Å². The normalized spacial score (nSPS) is 45.8. The Morgan fingerprint density at radius 1 is 1.64 bits per heavy atom. The van der Waals surface area contributed by atoms with Gasteiger partial charge in [-0.15, -0.1) is 5.01 Å². The first-order valence-electron chi connectivity index (χ1n) is 3.91. The number of hydroxylamine groups is 2. The van der Waals surface area contributed by atoms with Crippen molar-refractivity contribution in [3.8, 4) is 0 Å². The lowest BCUT2D eigenvalue weighted by atomic mass is 10.2. The lowest BCUT2D eigenvalue weighted by Crippen LogP contribution is -2.61. The van der Waals surface area contributed by atoms with E-state index in [1.807, 2.05) is 5.01 Å². The molecule has 64 valence electrons. The predicted molar refractivity (Wildman–Crippen MR) is 44.9 cm³/mol. The highest BCUT2D eigenvalue weighted by Gasteiger charge is 2.40. The van der Waals surface area contributed by atoms with Crippen molar-refractivity contribution in [1.29, 1.82) is 0 Å². The van der Waals surface area contributed by atoms with Crippen molar-refractivity contribution in [2.45, 2.75) is 19.0 Å². The molecule has 2 atom stereocenters. The first-order valence-corrected chi connectivity index (χ1v) is 5.06. The maximum atomic E-state index is 11.9. The van der Waals surface area contributed by atoms with E-state index in [0.717, 1.165) is 25.3 Å². The summed E-state index contributed by atoms with van der Waals surface area (Å²) in [4.78, 5) is 0.